The molecule has 0 heterocycles. The average Bonchev–Trinajstić information content (AvgIpc) is 2.65. The minimum atomic E-state index is -0.856. The van der Waals surface area contributed by atoms with Crippen LogP contribution < -0.4 is 5.32 Å². The van der Waals surface area contributed by atoms with Crippen molar-refractivity contribution in [3.05, 3.63) is 32.5 Å². The molecule has 1 aliphatic carbocycles. The molecule has 0 saturated heterocycles. The van der Waals surface area contributed by atoms with Crippen LogP contribution in [0.3, 0.4) is 0 Å². The van der Waals surface area contributed by atoms with Crippen LogP contribution in [-0.4, -0.2) is 22.2 Å². The van der Waals surface area contributed by atoms with Crippen molar-refractivity contribution < 1.29 is 14.4 Å². The number of anilines is 1. The van der Waals surface area contributed by atoms with E-state index in [2.05, 4.69) is 21.2 Å². The number of nitrogens with one attached hydrogen (secondary N) is 1. The highest BCUT2D eigenvalue weighted by Gasteiger charge is 2.29. The first-order valence-corrected chi connectivity index (χ1v) is 7.80. The van der Waals surface area contributed by atoms with E-state index >= 15 is 0 Å². The minimum absolute atomic E-state index is 0.156. The second-order valence-electron chi connectivity index (χ2n) is 5.53. The standard InChI is InChI=1S/C14H18BrFN2O3/c15-10-7-12(13(18(20)21)8-11(10)16)17-9-14(19)5-3-1-2-4-6-14/h7-8,17,19H,1-6,9H2. The minimum Gasteiger partial charge on any atom is -0.388 e. The van der Waals surface area contributed by atoms with Crippen molar-refractivity contribution in [1.29, 1.82) is 0 Å². The summed E-state index contributed by atoms with van der Waals surface area (Å²) in [6, 6.07) is 2.22. The normalized spacial score (nSPS) is 18.0. The molecule has 1 aromatic rings. The van der Waals surface area contributed by atoms with Crippen molar-refractivity contribution in [2.75, 3.05) is 11.9 Å². The van der Waals surface area contributed by atoms with Gasteiger partial charge in [0.05, 0.1) is 21.1 Å². The van der Waals surface area contributed by atoms with Crippen molar-refractivity contribution >= 4 is 27.3 Å². The van der Waals surface area contributed by atoms with E-state index in [-0.39, 0.29) is 22.4 Å². The van der Waals surface area contributed by atoms with Crippen molar-refractivity contribution in [2.45, 2.75) is 44.1 Å². The summed E-state index contributed by atoms with van der Waals surface area (Å²) in [5.41, 5.74) is -0.968. The molecular weight excluding hydrogens is 343 g/mol. The summed E-state index contributed by atoms with van der Waals surface area (Å²) in [6.45, 7) is 0.228. The van der Waals surface area contributed by atoms with Gasteiger partial charge in [0.1, 0.15) is 11.5 Å². The lowest BCUT2D eigenvalue weighted by molar-refractivity contribution is -0.384. The predicted octanol–water partition coefficient (Wildman–Crippen LogP) is 3.99. The van der Waals surface area contributed by atoms with Gasteiger partial charge in [0, 0.05) is 6.54 Å². The van der Waals surface area contributed by atoms with Crippen molar-refractivity contribution in [2.24, 2.45) is 0 Å². The molecule has 0 spiro atoms. The number of aliphatic hydroxyl groups is 1. The Bertz CT molecular complexity index is 531. The maximum Gasteiger partial charge on any atom is 0.295 e. The zero-order chi connectivity index (χ0) is 15.5. The van der Waals surface area contributed by atoms with Crippen LogP contribution in [0.15, 0.2) is 16.6 Å². The SMILES string of the molecule is O=[N+]([O-])c1cc(F)c(Br)cc1NCC1(O)CCCCCC1. The number of hydrogen-bond acceptors (Lipinski definition) is 4. The third-order valence-electron chi connectivity index (χ3n) is 3.88. The van der Waals surface area contributed by atoms with Crippen molar-refractivity contribution in [1.82, 2.24) is 0 Å². The molecule has 116 valence electrons. The molecule has 0 unspecified atom stereocenters. The van der Waals surface area contributed by atoms with Gasteiger partial charge in [-0.1, -0.05) is 25.7 Å². The molecule has 1 aromatic carbocycles. The predicted molar refractivity (Wildman–Crippen MR) is 81.9 cm³/mol. The van der Waals surface area contributed by atoms with Gasteiger partial charge in [-0.25, -0.2) is 4.39 Å². The number of benzene rings is 1. The molecule has 0 aliphatic heterocycles. The van der Waals surface area contributed by atoms with Crippen LogP contribution in [0.1, 0.15) is 38.5 Å². The molecule has 0 bridgehead atoms. The first-order valence-electron chi connectivity index (χ1n) is 7.01. The zero-order valence-electron chi connectivity index (χ0n) is 11.6. The second-order valence-corrected chi connectivity index (χ2v) is 6.39. The van der Waals surface area contributed by atoms with Gasteiger partial charge in [-0.05, 0) is 34.8 Å². The number of rotatable bonds is 4. The van der Waals surface area contributed by atoms with Crippen LogP contribution in [0.2, 0.25) is 0 Å². The van der Waals surface area contributed by atoms with E-state index < -0.39 is 16.3 Å². The highest BCUT2D eigenvalue weighted by molar-refractivity contribution is 9.10. The van der Waals surface area contributed by atoms with Gasteiger partial charge >= 0.3 is 0 Å². The molecule has 7 heteroatoms. The third kappa shape index (κ3) is 4.14. The molecule has 0 atom stereocenters. The Kier molecular flexibility index (Phi) is 5.16. The van der Waals surface area contributed by atoms with Crippen LogP contribution in [0.4, 0.5) is 15.8 Å². The Morgan fingerprint density at radius 2 is 1.95 bits per heavy atom. The van der Waals surface area contributed by atoms with Crippen LogP contribution >= 0.6 is 15.9 Å². The topological polar surface area (TPSA) is 75.4 Å². The van der Waals surface area contributed by atoms with E-state index in [1.165, 1.54) is 6.07 Å². The molecule has 21 heavy (non-hydrogen) atoms. The van der Waals surface area contributed by atoms with E-state index in [4.69, 9.17) is 0 Å². The molecule has 2 N–H and O–H groups in total. The summed E-state index contributed by atoms with van der Waals surface area (Å²) in [6.07, 6.45) is 5.46. The molecule has 2 rings (SSSR count). The van der Waals surface area contributed by atoms with Crippen molar-refractivity contribution in [3.8, 4) is 0 Å². The van der Waals surface area contributed by atoms with Gasteiger partial charge in [-0.3, -0.25) is 10.1 Å². The van der Waals surface area contributed by atoms with Gasteiger partial charge in [-0.2, -0.15) is 0 Å². The fourth-order valence-corrected chi connectivity index (χ4v) is 3.00. The number of nitrogens with zero attached hydrogens (tertiary/aromatic N) is 1. The fourth-order valence-electron chi connectivity index (χ4n) is 2.65. The molecule has 1 aliphatic rings. The molecule has 1 saturated carbocycles. The lowest BCUT2D eigenvalue weighted by atomic mass is 9.94. The Morgan fingerprint density at radius 3 is 2.52 bits per heavy atom. The highest BCUT2D eigenvalue weighted by atomic mass is 79.9. The van der Waals surface area contributed by atoms with Crippen molar-refractivity contribution in [3.63, 3.8) is 0 Å². The van der Waals surface area contributed by atoms with Gasteiger partial charge in [0.15, 0.2) is 0 Å². The largest absolute Gasteiger partial charge is 0.388 e. The van der Waals surface area contributed by atoms with E-state index in [0.717, 1.165) is 31.7 Å². The van der Waals surface area contributed by atoms with Gasteiger partial charge < -0.3 is 10.4 Å². The lowest BCUT2D eigenvalue weighted by Crippen LogP contribution is -2.36. The Labute approximate surface area is 130 Å². The van der Waals surface area contributed by atoms with Crippen LogP contribution in [0.25, 0.3) is 0 Å². The maximum atomic E-state index is 13.4. The lowest BCUT2D eigenvalue weighted by Gasteiger charge is -2.27. The summed E-state index contributed by atoms with van der Waals surface area (Å²) in [7, 11) is 0. The molecule has 0 radical (unpaired) electrons. The molecular formula is C14H18BrFN2O3. The Hall–Kier alpha value is -1.21. The van der Waals surface area contributed by atoms with E-state index in [0.29, 0.717) is 12.8 Å². The van der Waals surface area contributed by atoms with Gasteiger partial charge in [-0.15, -0.1) is 0 Å². The number of halogens is 2. The monoisotopic (exact) mass is 360 g/mol. The molecule has 5 nitrogen and oxygen atoms in total. The fraction of sp³-hybridized carbons (Fsp3) is 0.571. The quantitative estimate of drug-likeness (QED) is 0.483. The average molecular weight is 361 g/mol. The number of hydrogen-bond donors (Lipinski definition) is 2. The first-order chi connectivity index (χ1) is 9.91. The van der Waals surface area contributed by atoms with Gasteiger partial charge in [0.25, 0.3) is 5.69 Å². The summed E-state index contributed by atoms with van der Waals surface area (Å²) in [4.78, 5) is 10.4. The Morgan fingerprint density at radius 1 is 1.33 bits per heavy atom. The summed E-state index contributed by atoms with van der Waals surface area (Å²) in [5.74, 6) is -0.680. The maximum absolute atomic E-state index is 13.4. The summed E-state index contributed by atoms with van der Waals surface area (Å²) < 4.78 is 13.6. The molecule has 1 fully saturated rings. The third-order valence-corrected chi connectivity index (χ3v) is 4.49. The molecule has 0 amide bonds. The number of nitro benzene ring substituents is 1. The number of nitro groups is 1. The van der Waals surface area contributed by atoms with Crippen LogP contribution in [-0.2, 0) is 0 Å². The first kappa shape index (κ1) is 16.2. The zero-order valence-corrected chi connectivity index (χ0v) is 13.2. The highest BCUT2D eigenvalue weighted by Crippen LogP contribution is 2.32. The molecule has 0 aromatic heterocycles. The summed E-state index contributed by atoms with van der Waals surface area (Å²) in [5, 5.41) is 24.5. The Balaban J connectivity index is 2.15. The van der Waals surface area contributed by atoms with E-state index in [1.54, 1.807) is 0 Å². The van der Waals surface area contributed by atoms with E-state index in [9.17, 15) is 19.6 Å². The second kappa shape index (κ2) is 6.70. The smallest absolute Gasteiger partial charge is 0.295 e. The van der Waals surface area contributed by atoms with Crippen LogP contribution in [0.5, 0.6) is 0 Å². The summed E-state index contributed by atoms with van der Waals surface area (Å²) >= 11 is 3.02. The van der Waals surface area contributed by atoms with E-state index in [1.807, 2.05) is 0 Å². The van der Waals surface area contributed by atoms with Crippen LogP contribution in [0, 0.1) is 15.9 Å². The van der Waals surface area contributed by atoms with Gasteiger partial charge in [0.2, 0.25) is 0 Å².